The number of benzene rings is 1. The molecule has 1 aliphatic rings. The summed E-state index contributed by atoms with van der Waals surface area (Å²) in [5.74, 6) is 0.804. The van der Waals surface area contributed by atoms with Crippen molar-refractivity contribution >= 4 is 38.3 Å². The second kappa shape index (κ2) is 7.55. The lowest BCUT2D eigenvalue weighted by molar-refractivity contribution is -0.117. The molecule has 3 rings (SSSR count). The van der Waals surface area contributed by atoms with Crippen molar-refractivity contribution in [2.24, 2.45) is 5.92 Å². The summed E-state index contributed by atoms with van der Waals surface area (Å²) in [7, 11) is 0. The summed E-state index contributed by atoms with van der Waals surface area (Å²) >= 11 is 4.89. The minimum absolute atomic E-state index is 0.0243. The molecule has 2 aromatic rings. The molecule has 122 valence electrons. The lowest BCUT2D eigenvalue weighted by Crippen LogP contribution is -2.38. The Hall–Kier alpha value is -1.24. The molecule has 1 aliphatic heterocycles. The third kappa shape index (κ3) is 4.62. The van der Waals surface area contributed by atoms with E-state index in [2.05, 4.69) is 38.1 Å². The highest BCUT2D eigenvalue weighted by Crippen LogP contribution is 2.26. The van der Waals surface area contributed by atoms with Crippen molar-refractivity contribution in [2.45, 2.75) is 19.8 Å². The number of thiazole rings is 1. The van der Waals surface area contributed by atoms with Crippen LogP contribution in [0.15, 0.2) is 34.1 Å². The molecule has 1 amide bonds. The number of rotatable bonds is 4. The highest BCUT2D eigenvalue weighted by atomic mass is 79.9. The number of carbonyl (C=O) groups excluding carboxylic acids is 1. The van der Waals surface area contributed by atoms with Crippen LogP contribution in [0.5, 0.6) is 0 Å². The molecule has 1 aromatic heterocycles. The van der Waals surface area contributed by atoms with Crippen LogP contribution >= 0.6 is 27.3 Å². The Bertz CT molecular complexity index is 663. The number of anilines is 1. The first-order valence-corrected chi connectivity index (χ1v) is 9.51. The van der Waals surface area contributed by atoms with E-state index >= 15 is 0 Å². The van der Waals surface area contributed by atoms with E-state index in [0.29, 0.717) is 11.7 Å². The minimum atomic E-state index is 0.0243. The molecule has 6 heteroatoms. The van der Waals surface area contributed by atoms with Crippen molar-refractivity contribution in [2.75, 3.05) is 25.0 Å². The Labute approximate surface area is 149 Å². The molecule has 23 heavy (non-hydrogen) atoms. The topological polar surface area (TPSA) is 45.2 Å². The number of aromatic nitrogens is 1. The van der Waals surface area contributed by atoms with E-state index < -0.39 is 0 Å². The number of halogens is 1. The van der Waals surface area contributed by atoms with Crippen molar-refractivity contribution in [3.8, 4) is 11.3 Å². The molecule has 1 N–H and O–H groups in total. The van der Waals surface area contributed by atoms with Crippen LogP contribution in [0.25, 0.3) is 11.3 Å². The largest absolute Gasteiger partial charge is 0.301 e. The standard InChI is InChI=1S/C17H20BrN3OS/c1-12-6-8-21(9-7-12)10-16(22)20-17-19-15(11-23-17)13-2-4-14(18)5-3-13/h2-5,11-12H,6-10H2,1H3,(H,19,20,22). The van der Waals surface area contributed by atoms with Crippen LogP contribution in [-0.2, 0) is 4.79 Å². The Balaban J connectivity index is 1.56. The van der Waals surface area contributed by atoms with Gasteiger partial charge < -0.3 is 5.32 Å². The zero-order valence-electron chi connectivity index (χ0n) is 13.1. The molecule has 0 unspecified atom stereocenters. The number of carbonyl (C=O) groups is 1. The van der Waals surface area contributed by atoms with E-state index in [1.165, 1.54) is 24.2 Å². The van der Waals surface area contributed by atoms with Gasteiger partial charge in [-0.25, -0.2) is 4.98 Å². The van der Waals surface area contributed by atoms with Gasteiger partial charge in [0.25, 0.3) is 0 Å². The van der Waals surface area contributed by atoms with Gasteiger partial charge in [0.1, 0.15) is 0 Å². The maximum Gasteiger partial charge on any atom is 0.240 e. The van der Waals surface area contributed by atoms with E-state index in [9.17, 15) is 4.79 Å². The first kappa shape index (κ1) is 16.6. The van der Waals surface area contributed by atoms with Gasteiger partial charge >= 0.3 is 0 Å². The number of likely N-dealkylation sites (tertiary alicyclic amines) is 1. The summed E-state index contributed by atoms with van der Waals surface area (Å²) in [4.78, 5) is 18.9. The summed E-state index contributed by atoms with van der Waals surface area (Å²) < 4.78 is 1.04. The van der Waals surface area contributed by atoms with Crippen molar-refractivity contribution in [1.29, 1.82) is 0 Å². The van der Waals surface area contributed by atoms with Crippen molar-refractivity contribution in [3.63, 3.8) is 0 Å². The molecule has 0 atom stereocenters. The predicted molar refractivity (Wildman–Crippen MR) is 98.7 cm³/mol. The maximum absolute atomic E-state index is 12.2. The van der Waals surface area contributed by atoms with Gasteiger partial charge in [0, 0.05) is 15.4 Å². The minimum Gasteiger partial charge on any atom is -0.301 e. The van der Waals surface area contributed by atoms with Crippen molar-refractivity contribution in [1.82, 2.24) is 9.88 Å². The van der Waals surface area contributed by atoms with E-state index in [4.69, 9.17) is 0 Å². The first-order valence-electron chi connectivity index (χ1n) is 7.84. The van der Waals surface area contributed by atoms with Gasteiger partial charge in [-0.05, 0) is 44.0 Å². The smallest absolute Gasteiger partial charge is 0.240 e. The summed E-state index contributed by atoms with van der Waals surface area (Å²) in [5.41, 5.74) is 1.94. The number of amides is 1. The third-order valence-electron chi connectivity index (χ3n) is 4.13. The zero-order chi connectivity index (χ0) is 16.2. The van der Waals surface area contributed by atoms with Crippen LogP contribution in [0, 0.1) is 5.92 Å². The number of hydrogen-bond donors (Lipinski definition) is 1. The monoisotopic (exact) mass is 393 g/mol. The normalized spacial score (nSPS) is 16.4. The summed E-state index contributed by atoms with van der Waals surface area (Å²) in [6.07, 6.45) is 2.36. The lowest BCUT2D eigenvalue weighted by Gasteiger charge is -2.29. The molecule has 0 bridgehead atoms. The van der Waals surface area contributed by atoms with E-state index in [0.717, 1.165) is 34.7 Å². The number of nitrogens with one attached hydrogen (secondary N) is 1. The Morgan fingerprint density at radius 2 is 2.04 bits per heavy atom. The number of nitrogens with zero attached hydrogens (tertiary/aromatic N) is 2. The van der Waals surface area contributed by atoms with Crippen molar-refractivity contribution in [3.05, 3.63) is 34.1 Å². The molecule has 1 aromatic carbocycles. The Morgan fingerprint density at radius 3 is 2.74 bits per heavy atom. The molecular weight excluding hydrogens is 374 g/mol. The van der Waals surface area contributed by atoms with E-state index in [-0.39, 0.29) is 5.91 Å². The average molecular weight is 394 g/mol. The first-order chi connectivity index (χ1) is 11.1. The highest BCUT2D eigenvalue weighted by Gasteiger charge is 2.18. The quantitative estimate of drug-likeness (QED) is 0.844. The van der Waals surface area contributed by atoms with Crippen LogP contribution in [-0.4, -0.2) is 35.4 Å². The summed E-state index contributed by atoms with van der Waals surface area (Å²) in [5, 5.41) is 5.56. The number of hydrogen-bond acceptors (Lipinski definition) is 4. The fourth-order valence-electron chi connectivity index (χ4n) is 2.67. The molecule has 2 heterocycles. The second-order valence-corrected chi connectivity index (χ2v) is 7.83. The van der Waals surface area contributed by atoms with Crippen LogP contribution in [0.4, 0.5) is 5.13 Å². The summed E-state index contributed by atoms with van der Waals surface area (Å²) in [6, 6.07) is 8.01. The molecule has 1 saturated heterocycles. The second-order valence-electron chi connectivity index (χ2n) is 6.05. The molecule has 1 fully saturated rings. The molecule has 0 aliphatic carbocycles. The third-order valence-corrected chi connectivity index (χ3v) is 5.42. The molecular formula is C17H20BrN3OS. The van der Waals surface area contributed by atoms with Gasteiger partial charge in [-0.2, -0.15) is 0 Å². The predicted octanol–water partition coefficient (Wildman–Crippen LogP) is 4.24. The molecule has 0 saturated carbocycles. The zero-order valence-corrected chi connectivity index (χ0v) is 15.5. The average Bonchev–Trinajstić information content (AvgIpc) is 2.98. The fourth-order valence-corrected chi connectivity index (χ4v) is 3.67. The van der Waals surface area contributed by atoms with Gasteiger partial charge in [-0.15, -0.1) is 11.3 Å². The van der Waals surface area contributed by atoms with E-state index in [1.807, 2.05) is 29.6 Å². The Kier molecular flexibility index (Phi) is 5.46. The molecule has 0 spiro atoms. The molecule has 4 nitrogen and oxygen atoms in total. The lowest BCUT2D eigenvalue weighted by atomic mass is 9.99. The van der Waals surface area contributed by atoms with Crippen LogP contribution in [0.2, 0.25) is 0 Å². The van der Waals surface area contributed by atoms with Gasteiger partial charge in [0.15, 0.2) is 5.13 Å². The van der Waals surface area contributed by atoms with Crippen molar-refractivity contribution < 1.29 is 4.79 Å². The van der Waals surface area contributed by atoms with Gasteiger partial charge in [-0.1, -0.05) is 35.0 Å². The number of piperidine rings is 1. The van der Waals surface area contributed by atoms with Gasteiger partial charge in [0.2, 0.25) is 5.91 Å². The fraction of sp³-hybridized carbons (Fsp3) is 0.412. The van der Waals surface area contributed by atoms with Crippen LogP contribution in [0.1, 0.15) is 19.8 Å². The Morgan fingerprint density at radius 1 is 1.35 bits per heavy atom. The molecule has 0 radical (unpaired) electrons. The summed E-state index contributed by atoms with van der Waals surface area (Å²) in [6.45, 7) is 4.75. The van der Waals surface area contributed by atoms with Gasteiger partial charge in [0.05, 0.1) is 12.2 Å². The van der Waals surface area contributed by atoms with Crippen LogP contribution < -0.4 is 5.32 Å². The SMILES string of the molecule is CC1CCN(CC(=O)Nc2nc(-c3ccc(Br)cc3)cs2)CC1. The highest BCUT2D eigenvalue weighted by molar-refractivity contribution is 9.10. The van der Waals surface area contributed by atoms with Gasteiger partial charge in [-0.3, -0.25) is 9.69 Å². The maximum atomic E-state index is 12.2. The van der Waals surface area contributed by atoms with Crippen LogP contribution in [0.3, 0.4) is 0 Å². The van der Waals surface area contributed by atoms with E-state index in [1.54, 1.807) is 0 Å².